The predicted molar refractivity (Wildman–Crippen MR) is 63.5 cm³/mol. The van der Waals surface area contributed by atoms with E-state index in [9.17, 15) is 0 Å². The average molecular weight is 195 g/mol. The van der Waals surface area contributed by atoms with Crippen molar-refractivity contribution in [1.82, 2.24) is 5.32 Å². The van der Waals surface area contributed by atoms with Crippen LogP contribution < -0.4 is 5.32 Å². The van der Waals surface area contributed by atoms with Crippen molar-refractivity contribution in [3.63, 3.8) is 0 Å². The van der Waals surface area contributed by atoms with Crippen LogP contribution in [0.25, 0.3) is 0 Å². The molecule has 0 spiro atoms. The summed E-state index contributed by atoms with van der Waals surface area (Å²) >= 11 is 0. The SMILES string of the molecule is C=C(CC)CN[C@H](C)C1CCCCC1. The topological polar surface area (TPSA) is 12.0 Å². The first-order valence-electron chi connectivity index (χ1n) is 6.14. The number of hydrogen-bond acceptors (Lipinski definition) is 1. The van der Waals surface area contributed by atoms with Gasteiger partial charge in [-0.3, -0.25) is 0 Å². The third-order valence-electron chi connectivity index (χ3n) is 3.53. The van der Waals surface area contributed by atoms with Crippen molar-refractivity contribution in [2.75, 3.05) is 6.54 Å². The molecule has 0 radical (unpaired) electrons. The quantitative estimate of drug-likeness (QED) is 0.662. The normalized spacial score (nSPS) is 20.7. The fraction of sp³-hybridized carbons (Fsp3) is 0.846. The Morgan fingerprint density at radius 1 is 1.36 bits per heavy atom. The lowest BCUT2D eigenvalue weighted by Crippen LogP contribution is -2.35. The Morgan fingerprint density at radius 2 is 2.00 bits per heavy atom. The van der Waals surface area contributed by atoms with E-state index < -0.39 is 0 Å². The standard InChI is InChI=1S/C13H25N/c1-4-11(2)10-14-12(3)13-8-6-5-7-9-13/h12-14H,2,4-10H2,1,3H3/t12-/m1/s1. The van der Waals surface area contributed by atoms with E-state index in [1.165, 1.54) is 37.7 Å². The largest absolute Gasteiger partial charge is 0.310 e. The summed E-state index contributed by atoms with van der Waals surface area (Å²) < 4.78 is 0. The van der Waals surface area contributed by atoms with Crippen molar-refractivity contribution in [1.29, 1.82) is 0 Å². The summed E-state index contributed by atoms with van der Waals surface area (Å²) in [6.07, 6.45) is 8.27. The number of hydrogen-bond donors (Lipinski definition) is 1. The minimum atomic E-state index is 0.679. The lowest BCUT2D eigenvalue weighted by atomic mass is 9.84. The first-order chi connectivity index (χ1) is 6.74. The van der Waals surface area contributed by atoms with Crippen LogP contribution >= 0.6 is 0 Å². The summed E-state index contributed by atoms with van der Waals surface area (Å²) in [5, 5.41) is 3.60. The molecule has 1 fully saturated rings. The van der Waals surface area contributed by atoms with Gasteiger partial charge in [0.25, 0.3) is 0 Å². The second-order valence-corrected chi connectivity index (χ2v) is 4.67. The maximum Gasteiger partial charge on any atom is 0.0164 e. The van der Waals surface area contributed by atoms with Crippen LogP contribution in [0.5, 0.6) is 0 Å². The Hall–Kier alpha value is -0.300. The van der Waals surface area contributed by atoms with Crippen LogP contribution in [-0.4, -0.2) is 12.6 Å². The Bertz CT molecular complexity index is 168. The van der Waals surface area contributed by atoms with Crippen LogP contribution in [0.3, 0.4) is 0 Å². The maximum absolute atomic E-state index is 4.03. The fourth-order valence-electron chi connectivity index (χ4n) is 2.23. The summed E-state index contributed by atoms with van der Waals surface area (Å²) in [4.78, 5) is 0. The first-order valence-corrected chi connectivity index (χ1v) is 6.14. The van der Waals surface area contributed by atoms with Crippen LogP contribution in [-0.2, 0) is 0 Å². The van der Waals surface area contributed by atoms with Gasteiger partial charge in [-0.05, 0) is 32.1 Å². The van der Waals surface area contributed by atoms with Gasteiger partial charge in [-0.25, -0.2) is 0 Å². The molecular formula is C13H25N. The molecule has 0 saturated heterocycles. The van der Waals surface area contributed by atoms with Crippen LogP contribution in [0.2, 0.25) is 0 Å². The molecule has 1 atom stereocenters. The van der Waals surface area contributed by atoms with Gasteiger partial charge >= 0.3 is 0 Å². The van der Waals surface area contributed by atoms with Gasteiger partial charge in [0.2, 0.25) is 0 Å². The zero-order valence-corrected chi connectivity index (χ0v) is 9.81. The van der Waals surface area contributed by atoms with Crippen LogP contribution in [0.4, 0.5) is 0 Å². The van der Waals surface area contributed by atoms with E-state index >= 15 is 0 Å². The van der Waals surface area contributed by atoms with Gasteiger partial charge in [-0.15, -0.1) is 0 Å². The van der Waals surface area contributed by atoms with Gasteiger partial charge < -0.3 is 5.32 Å². The van der Waals surface area contributed by atoms with Gasteiger partial charge in [0.15, 0.2) is 0 Å². The van der Waals surface area contributed by atoms with Gasteiger partial charge in [-0.2, -0.15) is 0 Å². The zero-order valence-electron chi connectivity index (χ0n) is 9.81. The monoisotopic (exact) mass is 195 g/mol. The third kappa shape index (κ3) is 3.83. The molecule has 0 aliphatic heterocycles. The first kappa shape index (κ1) is 11.8. The molecule has 0 aromatic heterocycles. The van der Waals surface area contributed by atoms with Crippen molar-refractivity contribution < 1.29 is 0 Å². The van der Waals surface area contributed by atoms with Gasteiger partial charge in [0.1, 0.15) is 0 Å². The minimum absolute atomic E-state index is 0.679. The highest BCUT2D eigenvalue weighted by Gasteiger charge is 2.19. The molecule has 1 nitrogen and oxygen atoms in total. The molecule has 0 heterocycles. The highest BCUT2D eigenvalue weighted by atomic mass is 14.9. The Labute approximate surface area is 89.0 Å². The van der Waals surface area contributed by atoms with E-state index in [-0.39, 0.29) is 0 Å². The summed E-state index contributed by atoms with van der Waals surface area (Å²) in [5.41, 5.74) is 1.33. The van der Waals surface area contributed by atoms with Crippen LogP contribution in [0.1, 0.15) is 52.4 Å². The molecule has 0 aromatic rings. The molecule has 1 heteroatoms. The highest BCUT2D eigenvalue weighted by molar-refractivity contribution is 4.96. The van der Waals surface area contributed by atoms with Crippen molar-refractivity contribution in [2.24, 2.45) is 5.92 Å². The Kier molecular flexibility index (Phi) is 5.24. The maximum atomic E-state index is 4.03. The average Bonchev–Trinajstić information content (AvgIpc) is 2.26. The molecule has 1 N–H and O–H groups in total. The molecule has 1 saturated carbocycles. The van der Waals surface area contributed by atoms with Gasteiger partial charge in [0.05, 0.1) is 0 Å². The van der Waals surface area contributed by atoms with Crippen LogP contribution in [0.15, 0.2) is 12.2 Å². The minimum Gasteiger partial charge on any atom is -0.310 e. The summed E-state index contributed by atoms with van der Waals surface area (Å²) in [7, 11) is 0. The molecule has 0 bridgehead atoms. The van der Waals surface area contributed by atoms with Gasteiger partial charge in [-0.1, -0.05) is 38.3 Å². The van der Waals surface area contributed by atoms with E-state index in [4.69, 9.17) is 0 Å². The number of rotatable bonds is 5. The molecule has 0 aromatic carbocycles. The molecule has 1 rings (SSSR count). The predicted octanol–water partition coefficient (Wildman–Crippen LogP) is 3.51. The van der Waals surface area contributed by atoms with E-state index in [2.05, 4.69) is 25.7 Å². The van der Waals surface area contributed by atoms with Crippen molar-refractivity contribution >= 4 is 0 Å². The molecule has 14 heavy (non-hydrogen) atoms. The molecule has 0 unspecified atom stereocenters. The van der Waals surface area contributed by atoms with Gasteiger partial charge in [0, 0.05) is 12.6 Å². The summed E-state index contributed by atoms with van der Waals surface area (Å²) in [6, 6.07) is 0.679. The third-order valence-corrected chi connectivity index (χ3v) is 3.53. The Morgan fingerprint density at radius 3 is 2.57 bits per heavy atom. The van der Waals surface area contributed by atoms with E-state index in [1.807, 2.05) is 0 Å². The smallest absolute Gasteiger partial charge is 0.0164 e. The second kappa shape index (κ2) is 6.23. The fourth-order valence-corrected chi connectivity index (χ4v) is 2.23. The molecular weight excluding hydrogens is 170 g/mol. The van der Waals surface area contributed by atoms with Crippen molar-refractivity contribution in [2.45, 2.75) is 58.4 Å². The molecule has 0 amide bonds. The van der Waals surface area contributed by atoms with E-state index in [0.717, 1.165) is 18.9 Å². The zero-order chi connectivity index (χ0) is 10.4. The number of nitrogens with one attached hydrogen (secondary N) is 1. The molecule has 1 aliphatic carbocycles. The lowest BCUT2D eigenvalue weighted by molar-refractivity contribution is 0.286. The van der Waals surface area contributed by atoms with E-state index in [0.29, 0.717) is 6.04 Å². The molecule has 82 valence electrons. The van der Waals surface area contributed by atoms with Crippen molar-refractivity contribution in [3.05, 3.63) is 12.2 Å². The Balaban J connectivity index is 2.19. The molecule has 1 aliphatic rings. The summed E-state index contributed by atoms with van der Waals surface area (Å²) in [6.45, 7) is 9.54. The van der Waals surface area contributed by atoms with E-state index in [1.54, 1.807) is 0 Å². The highest BCUT2D eigenvalue weighted by Crippen LogP contribution is 2.26. The summed E-state index contributed by atoms with van der Waals surface area (Å²) in [5.74, 6) is 0.911. The lowest BCUT2D eigenvalue weighted by Gasteiger charge is -2.28. The van der Waals surface area contributed by atoms with Crippen molar-refractivity contribution in [3.8, 4) is 0 Å². The van der Waals surface area contributed by atoms with Crippen LogP contribution in [0, 0.1) is 5.92 Å². The second-order valence-electron chi connectivity index (χ2n) is 4.67.